The molecule has 0 radical (unpaired) electrons. The molecule has 0 saturated carbocycles. The molecular weight excluding hydrogens is 380 g/mol. The molecule has 2 rings (SSSR count). The lowest BCUT2D eigenvalue weighted by atomic mass is 10.1. The van der Waals surface area contributed by atoms with E-state index in [1.807, 2.05) is 6.92 Å². The lowest BCUT2D eigenvalue weighted by molar-refractivity contribution is 0.619. The summed E-state index contributed by atoms with van der Waals surface area (Å²) in [7, 11) is 0. The van der Waals surface area contributed by atoms with Crippen LogP contribution in [0.5, 0.6) is 0 Å². The molecule has 0 fully saturated rings. The summed E-state index contributed by atoms with van der Waals surface area (Å²) in [5.41, 5.74) is 1.73. The maximum atomic E-state index is 13.2. The van der Waals surface area contributed by atoms with Crippen molar-refractivity contribution in [2.75, 3.05) is 5.32 Å². The Bertz CT molecular complexity index is 602. The summed E-state index contributed by atoms with van der Waals surface area (Å²) in [5.74, 6) is -0.594. The van der Waals surface area contributed by atoms with Crippen LogP contribution < -0.4 is 5.32 Å². The van der Waals surface area contributed by atoms with Crippen LogP contribution in [-0.4, -0.2) is 0 Å². The Labute approximate surface area is 127 Å². The SMILES string of the molecule is CC(Nc1ccc(F)c(Br)c1)c1ccc(F)c(Br)c1. The first-order valence-corrected chi connectivity index (χ1v) is 7.22. The van der Waals surface area contributed by atoms with E-state index in [1.165, 1.54) is 12.1 Å². The smallest absolute Gasteiger partial charge is 0.137 e. The Balaban J connectivity index is 2.17. The maximum absolute atomic E-state index is 13.2. The largest absolute Gasteiger partial charge is 0.378 e. The van der Waals surface area contributed by atoms with Crippen molar-refractivity contribution in [3.8, 4) is 0 Å². The van der Waals surface area contributed by atoms with Gasteiger partial charge in [-0.05, 0) is 74.7 Å². The predicted molar refractivity (Wildman–Crippen MR) is 80.2 cm³/mol. The average Bonchev–Trinajstić information content (AvgIpc) is 2.37. The molecule has 1 nitrogen and oxygen atoms in total. The lowest BCUT2D eigenvalue weighted by Crippen LogP contribution is -2.07. The number of hydrogen-bond donors (Lipinski definition) is 1. The van der Waals surface area contributed by atoms with Gasteiger partial charge in [-0.15, -0.1) is 0 Å². The van der Waals surface area contributed by atoms with E-state index in [4.69, 9.17) is 0 Å². The van der Waals surface area contributed by atoms with Crippen LogP contribution in [-0.2, 0) is 0 Å². The van der Waals surface area contributed by atoms with Gasteiger partial charge in [-0.25, -0.2) is 8.78 Å². The summed E-state index contributed by atoms with van der Waals surface area (Å²) >= 11 is 6.30. The van der Waals surface area contributed by atoms with Crippen molar-refractivity contribution in [2.24, 2.45) is 0 Å². The molecule has 1 N–H and O–H groups in total. The molecule has 100 valence electrons. The molecule has 0 spiro atoms. The van der Waals surface area contributed by atoms with Crippen LogP contribution in [0.3, 0.4) is 0 Å². The second kappa shape index (κ2) is 6.01. The van der Waals surface area contributed by atoms with Gasteiger partial charge in [0.1, 0.15) is 11.6 Å². The topological polar surface area (TPSA) is 12.0 Å². The van der Waals surface area contributed by atoms with E-state index in [0.717, 1.165) is 11.3 Å². The Hall–Kier alpha value is -0.940. The first-order valence-electron chi connectivity index (χ1n) is 5.64. The third-order valence-corrected chi connectivity index (χ3v) is 3.96. The van der Waals surface area contributed by atoms with Crippen molar-refractivity contribution in [3.63, 3.8) is 0 Å². The minimum atomic E-state index is -0.303. The third kappa shape index (κ3) is 3.54. The molecule has 1 atom stereocenters. The summed E-state index contributed by atoms with van der Waals surface area (Å²) in [6.07, 6.45) is 0. The zero-order valence-corrected chi connectivity index (χ0v) is 13.2. The van der Waals surface area contributed by atoms with E-state index in [-0.39, 0.29) is 17.7 Å². The minimum Gasteiger partial charge on any atom is -0.378 e. The number of rotatable bonds is 3. The van der Waals surface area contributed by atoms with E-state index < -0.39 is 0 Å². The van der Waals surface area contributed by atoms with Crippen LogP contribution in [0, 0.1) is 11.6 Å². The molecule has 2 aromatic rings. The Morgan fingerprint density at radius 1 is 0.947 bits per heavy atom. The Morgan fingerprint density at radius 2 is 1.53 bits per heavy atom. The first kappa shape index (κ1) is 14.5. The van der Waals surface area contributed by atoms with Gasteiger partial charge in [-0.1, -0.05) is 6.07 Å². The summed E-state index contributed by atoms with van der Waals surface area (Å²) in [6, 6.07) is 9.56. The molecule has 2 aromatic carbocycles. The molecule has 0 saturated heterocycles. The summed E-state index contributed by atoms with van der Waals surface area (Å²) in [6.45, 7) is 1.96. The van der Waals surface area contributed by atoms with Gasteiger partial charge in [0.25, 0.3) is 0 Å². The highest BCUT2D eigenvalue weighted by Gasteiger charge is 2.09. The number of halogens is 4. The molecule has 1 unspecified atom stereocenters. The molecule has 19 heavy (non-hydrogen) atoms. The zero-order chi connectivity index (χ0) is 14.0. The molecule has 0 bridgehead atoms. The van der Waals surface area contributed by atoms with Gasteiger partial charge in [-0.3, -0.25) is 0 Å². The average molecular weight is 391 g/mol. The van der Waals surface area contributed by atoms with Gasteiger partial charge in [0.05, 0.1) is 8.95 Å². The quantitative estimate of drug-likeness (QED) is 0.712. The first-order chi connectivity index (χ1) is 8.97. The molecule has 5 heteroatoms. The van der Waals surface area contributed by atoms with Crippen molar-refractivity contribution in [1.82, 2.24) is 0 Å². The number of benzene rings is 2. The van der Waals surface area contributed by atoms with Crippen LogP contribution in [0.15, 0.2) is 45.3 Å². The summed E-state index contributed by atoms with van der Waals surface area (Å²) < 4.78 is 27.1. The Morgan fingerprint density at radius 3 is 2.11 bits per heavy atom. The van der Waals surface area contributed by atoms with Crippen LogP contribution in [0.2, 0.25) is 0 Å². The van der Waals surface area contributed by atoms with Crippen molar-refractivity contribution < 1.29 is 8.78 Å². The van der Waals surface area contributed by atoms with Gasteiger partial charge >= 0.3 is 0 Å². The van der Waals surface area contributed by atoms with Crippen LogP contribution >= 0.6 is 31.9 Å². The van der Waals surface area contributed by atoms with Crippen LogP contribution in [0.4, 0.5) is 14.5 Å². The van der Waals surface area contributed by atoms with Gasteiger partial charge < -0.3 is 5.32 Å². The fourth-order valence-electron chi connectivity index (χ4n) is 1.70. The van der Waals surface area contributed by atoms with Crippen molar-refractivity contribution in [1.29, 1.82) is 0 Å². The fourth-order valence-corrected chi connectivity index (χ4v) is 2.48. The summed E-state index contributed by atoms with van der Waals surface area (Å²) in [5, 5.41) is 3.23. The molecule has 0 heterocycles. The highest BCUT2D eigenvalue weighted by molar-refractivity contribution is 9.10. The van der Waals surface area contributed by atoms with Gasteiger partial charge in [0.15, 0.2) is 0 Å². The highest BCUT2D eigenvalue weighted by atomic mass is 79.9. The minimum absolute atomic E-state index is 0.0192. The normalized spacial score (nSPS) is 12.3. The third-order valence-electron chi connectivity index (χ3n) is 2.75. The van der Waals surface area contributed by atoms with Crippen LogP contribution in [0.25, 0.3) is 0 Å². The van der Waals surface area contributed by atoms with Gasteiger partial charge in [0.2, 0.25) is 0 Å². The maximum Gasteiger partial charge on any atom is 0.137 e. The van der Waals surface area contributed by atoms with E-state index in [2.05, 4.69) is 37.2 Å². The molecule has 0 aliphatic heterocycles. The monoisotopic (exact) mass is 389 g/mol. The van der Waals surface area contributed by atoms with Crippen molar-refractivity contribution in [3.05, 3.63) is 62.5 Å². The molecule has 0 aliphatic rings. The lowest BCUT2D eigenvalue weighted by Gasteiger charge is -2.16. The van der Waals surface area contributed by atoms with Crippen molar-refractivity contribution in [2.45, 2.75) is 13.0 Å². The number of anilines is 1. The zero-order valence-electron chi connectivity index (χ0n) is 10.1. The standard InChI is InChI=1S/C14H11Br2F2N/c1-8(9-2-4-13(17)11(15)6-9)19-10-3-5-14(18)12(16)7-10/h2-8,19H,1H3. The molecular formula is C14H11Br2F2N. The molecule has 0 amide bonds. The second-order valence-corrected chi connectivity index (χ2v) is 5.88. The van der Waals surface area contributed by atoms with Gasteiger partial charge in [-0.2, -0.15) is 0 Å². The number of hydrogen-bond acceptors (Lipinski definition) is 1. The predicted octanol–water partition coefficient (Wildman–Crippen LogP) is 5.66. The van der Waals surface area contributed by atoms with E-state index in [9.17, 15) is 8.78 Å². The Kier molecular flexibility index (Phi) is 4.58. The summed E-state index contributed by atoms with van der Waals surface area (Å²) in [4.78, 5) is 0. The van der Waals surface area contributed by atoms with E-state index >= 15 is 0 Å². The second-order valence-electron chi connectivity index (χ2n) is 4.17. The molecule has 0 aliphatic carbocycles. The molecule has 0 aromatic heterocycles. The van der Waals surface area contributed by atoms with E-state index in [1.54, 1.807) is 24.3 Å². The fraction of sp³-hybridized carbons (Fsp3) is 0.143. The van der Waals surface area contributed by atoms with Gasteiger partial charge in [0, 0.05) is 11.7 Å². The van der Waals surface area contributed by atoms with Crippen molar-refractivity contribution >= 4 is 37.5 Å². The number of nitrogens with one attached hydrogen (secondary N) is 1. The highest BCUT2D eigenvalue weighted by Crippen LogP contribution is 2.26. The van der Waals surface area contributed by atoms with E-state index in [0.29, 0.717) is 8.95 Å². The van der Waals surface area contributed by atoms with Crippen LogP contribution in [0.1, 0.15) is 18.5 Å².